The molecule has 0 saturated carbocycles. The molecule has 4 aromatic rings. The van der Waals surface area contributed by atoms with Crippen LogP contribution >= 0.6 is 0 Å². The highest BCUT2D eigenvalue weighted by Gasteiger charge is 2.32. The second-order valence-corrected chi connectivity index (χ2v) is 7.30. The predicted molar refractivity (Wildman–Crippen MR) is 111 cm³/mol. The van der Waals surface area contributed by atoms with Gasteiger partial charge in [-0.25, -0.2) is 9.97 Å². The summed E-state index contributed by atoms with van der Waals surface area (Å²) >= 11 is 0. The Morgan fingerprint density at radius 3 is 2.70 bits per heavy atom. The van der Waals surface area contributed by atoms with Gasteiger partial charge in [-0.15, -0.1) is 0 Å². The van der Waals surface area contributed by atoms with Crippen LogP contribution in [-0.4, -0.2) is 41.9 Å². The zero-order chi connectivity index (χ0) is 20.3. The molecule has 0 saturated heterocycles. The number of hydrogen-bond donors (Lipinski definition) is 0. The van der Waals surface area contributed by atoms with Crippen molar-refractivity contribution < 1.29 is 4.79 Å². The number of rotatable bonds is 4. The second-order valence-electron chi connectivity index (χ2n) is 7.30. The van der Waals surface area contributed by atoms with Crippen LogP contribution in [0.2, 0.25) is 0 Å². The molecule has 7 heteroatoms. The van der Waals surface area contributed by atoms with E-state index in [2.05, 4.69) is 42.7 Å². The summed E-state index contributed by atoms with van der Waals surface area (Å²) in [7, 11) is 0. The van der Waals surface area contributed by atoms with Crippen LogP contribution in [0.3, 0.4) is 0 Å². The number of hydrogen-bond acceptors (Lipinski definition) is 5. The molecule has 0 radical (unpaired) electrons. The molecule has 3 aromatic heterocycles. The molecule has 30 heavy (non-hydrogen) atoms. The highest BCUT2D eigenvalue weighted by atomic mass is 16.2. The molecule has 1 amide bonds. The Hall–Kier alpha value is -3.87. The molecule has 0 aliphatic carbocycles. The van der Waals surface area contributed by atoms with Gasteiger partial charge in [0.25, 0.3) is 5.91 Å². The molecule has 1 atom stereocenters. The molecule has 5 rings (SSSR count). The van der Waals surface area contributed by atoms with Crippen LogP contribution in [0.15, 0.2) is 79.8 Å². The summed E-state index contributed by atoms with van der Waals surface area (Å²) in [6.45, 7) is 1.77. The third kappa shape index (κ3) is 3.45. The Kier molecular flexibility index (Phi) is 4.77. The van der Waals surface area contributed by atoms with E-state index in [4.69, 9.17) is 0 Å². The molecule has 1 aliphatic rings. The van der Waals surface area contributed by atoms with Crippen molar-refractivity contribution in [2.24, 2.45) is 0 Å². The summed E-state index contributed by atoms with van der Waals surface area (Å²) in [5.41, 5.74) is 3.80. The minimum Gasteiger partial charge on any atom is -0.332 e. The number of imidazole rings is 1. The normalized spacial score (nSPS) is 15.6. The lowest BCUT2D eigenvalue weighted by Crippen LogP contribution is -2.39. The van der Waals surface area contributed by atoms with Crippen molar-refractivity contribution in [3.63, 3.8) is 0 Å². The SMILES string of the molecule is O=C(c1cnccn1)N1Cc2ccccc2[C@H](c2nccn2Cc2cccnc2)C1. The molecule has 148 valence electrons. The maximum atomic E-state index is 13.1. The van der Waals surface area contributed by atoms with Crippen molar-refractivity contribution in [1.29, 1.82) is 0 Å². The average Bonchev–Trinajstić information content (AvgIpc) is 3.27. The van der Waals surface area contributed by atoms with Crippen LogP contribution in [0.4, 0.5) is 0 Å². The molecular weight excluding hydrogens is 376 g/mol. The Bertz CT molecular complexity index is 1160. The van der Waals surface area contributed by atoms with Crippen LogP contribution in [0.1, 0.15) is 38.9 Å². The van der Waals surface area contributed by atoms with Crippen LogP contribution in [-0.2, 0) is 13.1 Å². The molecule has 0 N–H and O–H groups in total. The largest absolute Gasteiger partial charge is 0.332 e. The van der Waals surface area contributed by atoms with Crippen molar-refractivity contribution in [2.45, 2.75) is 19.0 Å². The molecule has 4 heterocycles. The van der Waals surface area contributed by atoms with Crippen LogP contribution in [0.5, 0.6) is 0 Å². The van der Waals surface area contributed by atoms with E-state index in [1.165, 1.54) is 11.8 Å². The average molecular weight is 396 g/mol. The first-order chi connectivity index (χ1) is 14.8. The fraction of sp³-hybridized carbons (Fsp3) is 0.174. The Morgan fingerprint density at radius 2 is 1.87 bits per heavy atom. The molecule has 0 fully saturated rings. The number of aromatic nitrogens is 5. The number of pyridine rings is 1. The smallest absolute Gasteiger partial charge is 0.274 e. The number of fused-ring (bicyclic) bond motifs is 1. The van der Waals surface area contributed by atoms with Crippen molar-refractivity contribution in [1.82, 2.24) is 29.4 Å². The Labute approximate surface area is 174 Å². The number of carbonyl (C=O) groups excluding carboxylic acids is 1. The summed E-state index contributed by atoms with van der Waals surface area (Å²) < 4.78 is 2.13. The first kappa shape index (κ1) is 18.2. The highest BCUT2D eigenvalue weighted by Crippen LogP contribution is 2.33. The van der Waals surface area contributed by atoms with E-state index < -0.39 is 0 Å². The van der Waals surface area contributed by atoms with E-state index in [0.717, 1.165) is 17.0 Å². The maximum absolute atomic E-state index is 13.1. The van der Waals surface area contributed by atoms with Crippen molar-refractivity contribution in [2.75, 3.05) is 6.54 Å². The monoisotopic (exact) mass is 396 g/mol. The standard InChI is InChI=1S/C23H20N6O/c30-23(21-13-25-8-9-26-21)29-15-18-5-1-2-6-19(18)20(16-29)22-27-10-11-28(22)14-17-4-3-7-24-12-17/h1-13,20H,14-16H2/t20-/m1/s1. The lowest BCUT2D eigenvalue weighted by atomic mass is 9.88. The van der Waals surface area contributed by atoms with Gasteiger partial charge in [0.1, 0.15) is 11.5 Å². The highest BCUT2D eigenvalue weighted by molar-refractivity contribution is 5.92. The van der Waals surface area contributed by atoms with Gasteiger partial charge in [-0.3, -0.25) is 14.8 Å². The van der Waals surface area contributed by atoms with Gasteiger partial charge < -0.3 is 9.47 Å². The topological polar surface area (TPSA) is 76.8 Å². The second kappa shape index (κ2) is 7.87. The third-order valence-electron chi connectivity index (χ3n) is 5.40. The number of carbonyl (C=O) groups is 1. The van der Waals surface area contributed by atoms with E-state index in [9.17, 15) is 4.79 Å². The quantitative estimate of drug-likeness (QED) is 0.530. The molecule has 1 aromatic carbocycles. The minimum atomic E-state index is -0.118. The van der Waals surface area contributed by atoms with E-state index in [1.54, 1.807) is 18.6 Å². The van der Waals surface area contributed by atoms with E-state index in [1.807, 2.05) is 41.7 Å². The van der Waals surface area contributed by atoms with E-state index in [-0.39, 0.29) is 11.8 Å². The van der Waals surface area contributed by atoms with Crippen LogP contribution in [0, 0.1) is 0 Å². The van der Waals surface area contributed by atoms with Gasteiger partial charge in [0.15, 0.2) is 0 Å². The van der Waals surface area contributed by atoms with E-state index >= 15 is 0 Å². The Morgan fingerprint density at radius 1 is 0.967 bits per heavy atom. The fourth-order valence-corrected chi connectivity index (χ4v) is 4.01. The molecule has 7 nitrogen and oxygen atoms in total. The van der Waals surface area contributed by atoms with Gasteiger partial charge in [-0.1, -0.05) is 30.3 Å². The maximum Gasteiger partial charge on any atom is 0.274 e. The molecule has 0 spiro atoms. The van der Waals surface area contributed by atoms with Crippen LogP contribution < -0.4 is 0 Å². The first-order valence-corrected chi connectivity index (χ1v) is 9.82. The first-order valence-electron chi connectivity index (χ1n) is 9.82. The zero-order valence-electron chi connectivity index (χ0n) is 16.3. The van der Waals surface area contributed by atoms with Gasteiger partial charge in [0.05, 0.1) is 18.7 Å². The number of nitrogens with zero attached hydrogens (tertiary/aromatic N) is 6. The zero-order valence-corrected chi connectivity index (χ0v) is 16.3. The molecule has 0 unspecified atom stereocenters. The van der Waals surface area contributed by atoms with Crippen molar-refractivity contribution >= 4 is 5.91 Å². The van der Waals surface area contributed by atoms with Gasteiger partial charge in [0.2, 0.25) is 0 Å². The molecular formula is C23H20N6O. The van der Waals surface area contributed by atoms with Crippen LogP contribution in [0.25, 0.3) is 0 Å². The summed E-state index contributed by atoms with van der Waals surface area (Å²) in [6, 6.07) is 12.2. The summed E-state index contributed by atoms with van der Waals surface area (Å²) in [4.78, 5) is 32.0. The van der Waals surface area contributed by atoms with Gasteiger partial charge in [-0.05, 0) is 22.8 Å². The lowest BCUT2D eigenvalue weighted by Gasteiger charge is -2.34. The lowest BCUT2D eigenvalue weighted by molar-refractivity contribution is 0.0716. The molecule has 1 aliphatic heterocycles. The number of benzene rings is 1. The number of amides is 1. The molecule has 0 bridgehead atoms. The summed E-state index contributed by atoms with van der Waals surface area (Å²) in [5, 5.41) is 0. The Balaban J connectivity index is 1.50. The summed E-state index contributed by atoms with van der Waals surface area (Å²) in [6.07, 6.45) is 12.1. The van der Waals surface area contributed by atoms with Crippen molar-refractivity contribution in [3.05, 3.63) is 108 Å². The fourth-order valence-electron chi connectivity index (χ4n) is 4.01. The van der Waals surface area contributed by atoms with Gasteiger partial charge >= 0.3 is 0 Å². The van der Waals surface area contributed by atoms with Gasteiger partial charge in [-0.2, -0.15) is 0 Å². The van der Waals surface area contributed by atoms with Gasteiger partial charge in [0, 0.05) is 50.3 Å². The third-order valence-corrected chi connectivity index (χ3v) is 5.40. The summed E-state index contributed by atoms with van der Waals surface area (Å²) in [5.74, 6) is 0.790. The van der Waals surface area contributed by atoms with Crippen molar-refractivity contribution in [3.8, 4) is 0 Å². The predicted octanol–water partition coefficient (Wildman–Crippen LogP) is 2.90. The van der Waals surface area contributed by atoms with E-state index in [0.29, 0.717) is 25.3 Å². The minimum absolute atomic E-state index is 0.0257.